The number of nitrogens with zero attached hydrogens (tertiary/aromatic N) is 2. The van der Waals surface area contributed by atoms with Gasteiger partial charge in [0.2, 0.25) is 5.95 Å². The van der Waals surface area contributed by atoms with E-state index < -0.39 is 17.4 Å². The number of carbonyl (C=O) groups excluding carboxylic acids is 1. The lowest BCUT2D eigenvalue weighted by molar-refractivity contribution is -0.149. The number of nitrogens with one attached hydrogen (secondary N) is 2. The predicted molar refractivity (Wildman–Crippen MR) is 76.8 cm³/mol. The normalized spacial score (nSPS) is 17.5. The number of carboxylic acids is 1. The second-order valence-corrected chi connectivity index (χ2v) is 5.38. The Morgan fingerprint density at radius 3 is 2.33 bits per heavy atom. The van der Waals surface area contributed by atoms with Crippen molar-refractivity contribution in [3.05, 3.63) is 18.5 Å². The standard InChI is InChI=1S/C14H20N4O3/c19-11(20)14(6-3-1-2-4-7-14)10-17-13(21)18-12-15-8-5-9-16-12/h5,8-9H,1-4,6-7,10H2,(H,19,20)(H2,15,16,17,18,21). The van der Waals surface area contributed by atoms with Crippen LogP contribution >= 0.6 is 0 Å². The summed E-state index contributed by atoms with van der Waals surface area (Å²) in [7, 11) is 0. The zero-order valence-corrected chi connectivity index (χ0v) is 11.8. The van der Waals surface area contributed by atoms with E-state index in [9.17, 15) is 14.7 Å². The molecule has 0 saturated heterocycles. The molecule has 1 aromatic rings. The Kier molecular flexibility index (Phi) is 5.08. The summed E-state index contributed by atoms with van der Waals surface area (Å²) < 4.78 is 0. The first kappa shape index (κ1) is 15.2. The fourth-order valence-electron chi connectivity index (χ4n) is 2.63. The van der Waals surface area contributed by atoms with E-state index in [1.165, 1.54) is 12.4 Å². The van der Waals surface area contributed by atoms with Crippen molar-refractivity contribution in [1.29, 1.82) is 0 Å². The van der Waals surface area contributed by atoms with E-state index in [0.29, 0.717) is 12.8 Å². The summed E-state index contributed by atoms with van der Waals surface area (Å²) in [5.41, 5.74) is -0.856. The van der Waals surface area contributed by atoms with Gasteiger partial charge >= 0.3 is 12.0 Å². The molecule has 1 aliphatic carbocycles. The monoisotopic (exact) mass is 292 g/mol. The molecule has 1 saturated carbocycles. The minimum Gasteiger partial charge on any atom is -0.481 e. The molecule has 2 rings (SSSR count). The molecular weight excluding hydrogens is 272 g/mol. The van der Waals surface area contributed by atoms with Crippen LogP contribution in [0.3, 0.4) is 0 Å². The average molecular weight is 292 g/mol. The third kappa shape index (κ3) is 4.14. The summed E-state index contributed by atoms with van der Waals surface area (Å²) >= 11 is 0. The number of carboxylic acid groups (broad SMARTS) is 1. The van der Waals surface area contributed by atoms with Crippen LogP contribution in [0.15, 0.2) is 18.5 Å². The Balaban J connectivity index is 1.92. The lowest BCUT2D eigenvalue weighted by Crippen LogP contribution is -2.44. The molecule has 7 nitrogen and oxygen atoms in total. The zero-order chi connectivity index (χ0) is 15.1. The largest absolute Gasteiger partial charge is 0.481 e. The van der Waals surface area contributed by atoms with Crippen molar-refractivity contribution in [2.45, 2.75) is 38.5 Å². The first-order valence-electron chi connectivity index (χ1n) is 7.18. The molecule has 0 spiro atoms. The SMILES string of the molecule is O=C(NCC1(C(=O)O)CCCCCC1)Nc1ncccn1. The second-order valence-electron chi connectivity index (χ2n) is 5.38. The number of aromatic nitrogens is 2. The van der Waals surface area contributed by atoms with Crippen LogP contribution in [0.2, 0.25) is 0 Å². The van der Waals surface area contributed by atoms with Crippen molar-refractivity contribution < 1.29 is 14.7 Å². The number of aliphatic carboxylic acids is 1. The van der Waals surface area contributed by atoms with Gasteiger partial charge in [0.05, 0.1) is 5.41 Å². The molecule has 1 aliphatic rings. The van der Waals surface area contributed by atoms with Crippen LogP contribution in [-0.4, -0.2) is 33.6 Å². The summed E-state index contributed by atoms with van der Waals surface area (Å²) in [4.78, 5) is 31.2. The van der Waals surface area contributed by atoms with Gasteiger partial charge in [-0.25, -0.2) is 14.8 Å². The number of urea groups is 1. The van der Waals surface area contributed by atoms with Crippen LogP contribution in [0.5, 0.6) is 0 Å². The van der Waals surface area contributed by atoms with Crippen LogP contribution in [0.25, 0.3) is 0 Å². The summed E-state index contributed by atoms with van der Waals surface area (Å²) in [5, 5.41) is 14.6. The Bertz CT molecular complexity index is 484. The van der Waals surface area contributed by atoms with Crippen molar-refractivity contribution in [2.75, 3.05) is 11.9 Å². The van der Waals surface area contributed by atoms with Gasteiger partial charge in [-0.15, -0.1) is 0 Å². The van der Waals surface area contributed by atoms with E-state index in [1.807, 2.05) is 0 Å². The average Bonchev–Trinajstić information content (AvgIpc) is 2.73. The van der Waals surface area contributed by atoms with Gasteiger partial charge in [0.25, 0.3) is 0 Å². The van der Waals surface area contributed by atoms with Gasteiger partial charge < -0.3 is 10.4 Å². The topological polar surface area (TPSA) is 104 Å². The second kappa shape index (κ2) is 7.01. The maximum atomic E-state index is 11.8. The fraction of sp³-hybridized carbons (Fsp3) is 0.571. The van der Waals surface area contributed by atoms with Gasteiger partial charge in [0.15, 0.2) is 0 Å². The number of hydrogen-bond acceptors (Lipinski definition) is 4. The quantitative estimate of drug-likeness (QED) is 0.736. The maximum absolute atomic E-state index is 11.8. The zero-order valence-electron chi connectivity index (χ0n) is 11.8. The van der Waals surface area contributed by atoms with Crippen LogP contribution in [-0.2, 0) is 4.79 Å². The van der Waals surface area contributed by atoms with Gasteiger partial charge in [0, 0.05) is 18.9 Å². The molecule has 3 N–H and O–H groups in total. The summed E-state index contributed by atoms with van der Waals surface area (Å²) in [5.74, 6) is -0.638. The molecule has 0 bridgehead atoms. The lowest BCUT2D eigenvalue weighted by atomic mass is 9.80. The smallest absolute Gasteiger partial charge is 0.321 e. The van der Waals surface area contributed by atoms with E-state index in [4.69, 9.17) is 0 Å². The molecule has 21 heavy (non-hydrogen) atoms. The minimum absolute atomic E-state index is 0.126. The molecule has 0 atom stereocenters. The molecule has 114 valence electrons. The van der Waals surface area contributed by atoms with Crippen molar-refractivity contribution in [2.24, 2.45) is 5.41 Å². The molecule has 1 aromatic heterocycles. The van der Waals surface area contributed by atoms with Crippen molar-refractivity contribution in [1.82, 2.24) is 15.3 Å². The highest BCUT2D eigenvalue weighted by molar-refractivity contribution is 5.87. The molecule has 1 fully saturated rings. The Hall–Kier alpha value is -2.18. The van der Waals surface area contributed by atoms with E-state index in [1.54, 1.807) is 6.07 Å². The molecule has 1 heterocycles. The number of carbonyl (C=O) groups is 2. The van der Waals surface area contributed by atoms with Crippen LogP contribution < -0.4 is 10.6 Å². The summed E-state index contributed by atoms with van der Waals surface area (Å²) in [6.07, 6.45) is 8.13. The molecule has 0 aromatic carbocycles. The Morgan fingerprint density at radius 2 is 1.76 bits per heavy atom. The third-order valence-electron chi connectivity index (χ3n) is 3.89. The first-order valence-corrected chi connectivity index (χ1v) is 7.18. The van der Waals surface area contributed by atoms with Crippen molar-refractivity contribution in [3.8, 4) is 0 Å². The molecule has 0 radical (unpaired) electrons. The summed E-state index contributed by atoms with van der Waals surface area (Å²) in [6, 6.07) is 1.17. The van der Waals surface area contributed by atoms with Gasteiger partial charge in [-0.05, 0) is 18.9 Å². The number of anilines is 1. The predicted octanol–water partition coefficient (Wildman–Crippen LogP) is 2.02. The molecule has 7 heteroatoms. The highest BCUT2D eigenvalue weighted by Crippen LogP contribution is 2.34. The van der Waals surface area contributed by atoms with Gasteiger partial charge in [-0.3, -0.25) is 10.1 Å². The first-order chi connectivity index (χ1) is 10.1. The van der Waals surface area contributed by atoms with E-state index in [0.717, 1.165) is 25.7 Å². The third-order valence-corrected chi connectivity index (χ3v) is 3.89. The number of amides is 2. The molecular formula is C14H20N4O3. The van der Waals surface area contributed by atoms with Crippen molar-refractivity contribution in [3.63, 3.8) is 0 Å². The van der Waals surface area contributed by atoms with Crippen LogP contribution in [0, 0.1) is 5.41 Å². The van der Waals surface area contributed by atoms with Crippen LogP contribution in [0.1, 0.15) is 38.5 Å². The Labute approximate surface area is 123 Å². The number of rotatable bonds is 4. The van der Waals surface area contributed by atoms with E-state index >= 15 is 0 Å². The fourth-order valence-corrected chi connectivity index (χ4v) is 2.63. The molecule has 0 aliphatic heterocycles. The van der Waals surface area contributed by atoms with E-state index in [2.05, 4.69) is 20.6 Å². The molecule has 0 unspecified atom stereocenters. The maximum Gasteiger partial charge on any atom is 0.321 e. The Morgan fingerprint density at radius 1 is 1.14 bits per heavy atom. The van der Waals surface area contributed by atoms with Gasteiger partial charge in [0.1, 0.15) is 0 Å². The highest BCUT2D eigenvalue weighted by Gasteiger charge is 2.38. The molecule has 2 amide bonds. The van der Waals surface area contributed by atoms with Gasteiger partial charge in [-0.1, -0.05) is 25.7 Å². The van der Waals surface area contributed by atoms with Crippen LogP contribution in [0.4, 0.5) is 10.7 Å². The van der Waals surface area contributed by atoms with Crippen molar-refractivity contribution >= 4 is 17.9 Å². The minimum atomic E-state index is -0.856. The summed E-state index contributed by atoms with van der Waals surface area (Å²) in [6.45, 7) is 0.126. The van der Waals surface area contributed by atoms with Gasteiger partial charge in [-0.2, -0.15) is 0 Å². The number of hydrogen-bond donors (Lipinski definition) is 3. The lowest BCUT2D eigenvalue weighted by Gasteiger charge is -2.28. The van der Waals surface area contributed by atoms with E-state index in [-0.39, 0.29) is 12.5 Å². The highest BCUT2D eigenvalue weighted by atomic mass is 16.4.